The average molecular weight is 310 g/mol. The lowest BCUT2D eigenvalue weighted by Crippen LogP contribution is -2.28. The van der Waals surface area contributed by atoms with E-state index in [1.807, 2.05) is 32.0 Å². The van der Waals surface area contributed by atoms with Gasteiger partial charge in [-0.2, -0.15) is 0 Å². The summed E-state index contributed by atoms with van der Waals surface area (Å²) in [5.74, 6) is -0.0445. The number of hydrogen-bond acceptors (Lipinski definition) is 4. The predicted molar refractivity (Wildman–Crippen MR) is 87.2 cm³/mol. The molecule has 0 bridgehead atoms. The predicted octanol–water partition coefficient (Wildman–Crippen LogP) is 2.91. The number of fused-ring (bicyclic) bond motifs is 1. The van der Waals surface area contributed by atoms with E-state index in [9.17, 15) is 9.90 Å². The summed E-state index contributed by atoms with van der Waals surface area (Å²) < 4.78 is 5.68. The second-order valence-electron chi connectivity index (χ2n) is 5.56. The topological polar surface area (TPSA) is 75.4 Å². The van der Waals surface area contributed by atoms with Crippen molar-refractivity contribution in [2.24, 2.45) is 0 Å². The molecule has 0 saturated heterocycles. The largest absolute Gasteiger partial charge is 0.451 e. The Balaban J connectivity index is 1.75. The summed E-state index contributed by atoms with van der Waals surface area (Å²) in [6, 6.07) is 9.27. The van der Waals surface area contributed by atoms with Crippen LogP contribution in [0, 0.1) is 13.8 Å². The van der Waals surface area contributed by atoms with Gasteiger partial charge < -0.3 is 14.8 Å². The van der Waals surface area contributed by atoms with E-state index < -0.39 is 6.10 Å². The molecular formula is C18H18N2O3. The maximum absolute atomic E-state index is 12.3. The van der Waals surface area contributed by atoms with Crippen LogP contribution in [0.25, 0.3) is 11.0 Å². The van der Waals surface area contributed by atoms with Crippen molar-refractivity contribution < 1.29 is 14.3 Å². The number of pyridine rings is 1. The first kappa shape index (κ1) is 15.2. The molecule has 2 N–H and O–H groups in total. The van der Waals surface area contributed by atoms with Gasteiger partial charge in [0.2, 0.25) is 0 Å². The third-order valence-corrected chi connectivity index (χ3v) is 3.85. The number of furan rings is 1. The molecule has 1 aromatic carbocycles. The van der Waals surface area contributed by atoms with E-state index in [1.54, 1.807) is 24.5 Å². The Hall–Kier alpha value is -2.66. The summed E-state index contributed by atoms with van der Waals surface area (Å²) in [5, 5.41) is 13.7. The van der Waals surface area contributed by atoms with Crippen molar-refractivity contribution in [1.29, 1.82) is 0 Å². The van der Waals surface area contributed by atoms with Gasteiger partial charge in [0.25, 0.3) is 5.91 Å². The first-order chi connectivity index (χ1) is 11.1. The molecule has 0 aliphatic heterocycles. The summed E-state index contributed by atoms with van der Waals surface area (Å²) in [7, 11) is 0. The van der Waals surface area contributed by atoms with Gasteiger partial charge in [-0.25, -0.2) is 0 Å². The van der Waals surface area contributed by atoms with Crippen LogP contribution in [0.5, 0.6) is 0 Å². The van der Waals surface area contributed by atoms with Gasteiger partial charge in [0.1, 0.15) is 5.58 Å². The molecule has 118 valence electrons. The number of rotatable bonds is 4. The number of nitrogens with one attached hydrogen (secondary N) is 1. The zero-order valence-electron chi connectivity index (χ0n) is 13.0. The standard InChI is InChI=1S/C18H18N2O3/c1-11-3-4-14-12(2)17(23-16(14)9-11)18(22)20-10-15(21)13-5-7-19-8-6-13/h3-9,15,21H,10H2,1-2H3,(H,20,22)/t15-/m1/s1. The second kappa shape index (κ2) is 6.22. The molecule has 2 aromatic heterocycles. The molecule has 0 spiro atoms. The van der Waals surface area contributed by atoms with Crippen molar-refractivity contribution in [2.75, 3.05) is 6.54 Å². The number of nitrogens with zero attached hydrogens (tertiary/aromatic N) is 1. The smallest absolute Gasteiger partial charge is 0.287 e. The zero-order valence-corrected chi connectivity index (χ0v) is 13.0. The molecule has 23 heavy (non-hydrogen) atoms. The Morgan fingerprint density at radius 3 is 2.74 bits per heavy atom. The number of aliphatic hydroxyl groups excluding tert-OH is 1. The summed E-state index contributed by atoms with van der Waals surface area (Å²) in [6.45, 7) is 3.94. The Labute approximate surface area is 134 Å². The molecule has 3 aromatic rings. The number of amides is 1. The van der Waals surface area contributed by atoms with Gasteiger partial charge in [-0.05, 0) is 43.2 Å². The van der Waals surface area contributed by atoms with E-state index in [0.717, 1.165) is 16.5 Å². The van der Waals surface area contributed by atoms with E-state index in [1.165, 1.54) is 0 Å². The number of carbonyl (C=O) groups excluding carboxylic acids is 1. The number of aryl methyl sites for hydroxylation is 2. The van der Waals surface area contributed by atoms with Crippen LogP contribution in [0.4, 0.5) is 0 Å². The molecule has 0 unspecified atom stereocenters. The zero-order chi connectivity index (χ0) is 16.4. The van der Waals surface area contributed by atoms with E-state index >= 15 is 0 Å². The highest BCUT2D eigenvalue weighted by Crippen LogP contribution is 2.26. The van der Waals surface area contributed by atoms with Gasteiger partial charge in [0.15, 0.2) is 5.76 Å². The molecule has 0 saturated carbocycles. The number of carbonyl (C=O) groups is 1. The molecule has 3 rings (SSSR count). The maximum Gasteiger partial charge on any atom is 0.287 e. The minimum absolute atomic E-state index is 0.109. The van der Waals surface area contributed by atoms with Gasteiger partial charge in [-0.1, -0.05) is 12.1 Å². The highest BCUT2D eigenvalue weighted by molar-refractivity contribution is 5.99. The molecule has 0 aliphatic rings. The van der Waals surface area contributed by atoms with Crippen molar-refractivity contribution >= 4 is 16.9 Å². The number of benzene rings is 1. The summed E-state index contributed by atoms with van der Waals surface area (Å²) in [4.78, 5) is 16.2. The van der Waals surface area contributed by atoms with Crippen LogP contribution in [-0.4, -0.2) is 22.5 Å². The highest BCUT2D eigenvalue weighted by atomic mass is 16.3. The summed E-state index contributed by atoms with van der Waals surface area (Å²) >= 11 is 0. The van der Waals surface area contributed by atoms with Gasteiger partial charge in [0, 0.05) is 29.9 Å². The molecule has 5 heteroatoms. The Kier molecular flexibility index (Phi) is 4.12. The Morgan fingerprint density at radius 1 is 1.26 bits per heavy atom. The molecule has 1 amide bonds. The van der Waals surface area contributed by atoms with E-state index in [-0.39, 0.29) is 18.2 Å². The normalized spacial score (nSPS) is 12.3. The first-order valence-corrected chi connectivity index (χ1v) is 7.42. The molecule has 2 heterocycles. The fourth-order valence-electron chi connectivity index (χ4n) is 2.52. The fraction of sp³-hybridized carbons (Fsp3) is 0.222. The molecule has 0 aliphatic carbocycles. The van der Waals surface area contributed by atoms with Gasteiger partial charge >= 0.3 is 0 Å². The highest BCUT2D eigenvalue weighted by Gasteiger charge is 2.18. The van der Waals surface area contributed by atoms with Crippen LogP contribution >= 0.6 is 0 Å². The molecular weight excluding hydrogens is 292 g/mol. The Bertz CT molecular complexity index is 840. The van der Waals surface area contributed by atoms with E-state index in [4.69, 9.17) is 4.42 Å². The molecule has 0 fully saturated rings. The van der Waals surface area contributed by atoms with E-state index in [0.29, 0.717) is 11.1 Å². The lowest BCUT2D eigenvalue weighted by Gasteiger charge is -2.11. The minimum Gasteiger partial charge on any atom is -0.451 e. The molecule has 5 nitrogen and oxygen atoms in total. The van der Waals surface area contributed by atoms with Crippen molar-refractivity contribution in [3.8, 4) is 0 Å². The van der Waals surface area contributed by atoms with Crippen LogP contribution < -0.4 is 5.32 Å². The van der Waals surface area contributed by atoms with Crippen molar-refractivity contribution in [3.05, 3.63) is 65.2 Å². The van der Waals surface area contributed by atoms with Crippen LogP contribution in [0.2, 0.25) is 0 Å². The number of aliphatic hydroxyl groups is 1. The fourth-order valence-corrected chi connectivity index (χ4v) is 2.52. The maximum atomic E-state index is 12.3. The monoisotopic (exact) mass is 310 g/mol. The van der Waals surface area contributed by atoms with Crippen LogP contribution in [0.15, 0.2) is 47.1 Å². The molecule has 0 radical (unpaired) electrons. The third kappa shape index (κ3) is 3.10. The van der Waals surface area contributed by atoms with Crippen LogP contribution in [0.1, 0.15) is 33.3 Å². The Morgan fingerprint density at radius 2 is 2.00 bits per heavy atom. The van der Waals surface area contributed by atoms with Crippen molar-refractivity contribution in [3.63, 3.8) is 0 Å². The van der Waals surface area contributed by atoms with Gasteiger partial charge in [-0.15, -0.1) is 0 Å². The number of aromatic nitrogens is 1. The second-order valence-corrected chi connectivity index (χ2v) is 5.56. The third-order valence-electron chi connectivity index (χ3n) is 3.85. The SMILES string of the molecule is Cc1ccc2c(C)c(C(=O)NC[C@@H](O)c3ccncc3)oc2c1. The summed E-state index contributed by atoms with van der Waals surface area (Å²) in [6.07, 6.45) is 2.42. The van der Waals surface area contributed by atoms with Gasteiger partial charge in [0.05, 0.1) is 6.10 Å². The number of hydrogen-bond donors (Lipinski definition) is 2. The van der Waals surface area contributed by atoms with Crippen molar-refractivity contribution in [2.45, 2.75) is 20.0 Å². The van der Waals surface area contributed by atoms with Gasteiger partial charge in [-0.3, -0.25) is 9.78 Å². The lowest BCUT2D eigenvalue weighted by atomic mass is 10.1. The summed E-state index contributed by atoms with van der Waals surface area (Å²) in [5.41, 5.74) is 3.28. The van der Waals surface area contributed by atoms with E-state index in [2.05, 4.69) is 10.3 Å². The van der Waals surface area contributed by atoms with Crippen LogP contribution in [0.3, 0.4) is 0 Å². The quantitative estimate of drug-likeness (QED) is 0.777. The minimum atomic E-state index is -0.783. The first-order valence-electron chi connectivity index (χ1n) is 7.42. The molecule has 1 atom stereocenters. The van der Waals surface area contributed by atoms with Crippen molar-refractivity contribution in [1.82, 2.24) is 10.3 Å². The average Bonchev–Trinajstić information content (AvgIpc) is 2.89. The van der Waals surface area contributed by atoms with Crippen LogP contribution in [-0.2, 0) is 0 Å². The lowest BCUT2D eigenvalue weighted by molar-refractivity contribution is 0.0890.